The molecule has 0 bridgehead atoms. The van der Waals surface area contributed by atoms with Gasteiger partial charge in [0, 0.05) is 44.9 Å². The molecule has 0 aliphatic heterocycles. The van der Waals surface area contributed by atoms with Crippen molar-refractivity contribution in [3.8, 4) is 39.9 Å². The Morgan fingerprint density at radius 1 is 0.436 bits per heavy atom. The second-order valence-electron chi connectivity index (χ2n) is 15.1. The molecular formula is C51H30N4. The Hall–Kier alpha value is -7.17. The summed E-state index contributed by atoms with van der Waals surface area (Å²) in [5.74, 6) is 2.39. The highest BCUT2D eigenvalue weighted by molar-refractivity contribution is 6.31. The Morgan fingerprint density at radius 2 is 1.02 bits per heavy atom. The predicted octanol–water partition coefficient (Wildman–Crippen LogP) is 12.4. The molecule has 7 aromatic carbocycles. The van der Waals surface area contributed by atoms with E-state index in [1.54, 1.807) is 0 Å². The number of nitrogens with zero attached hydrogens (tertiary/aromatic N) is 4. The van der Waals surface area contributed by atoms with Gasteiger partial charge in [-0.05, 0) is 73.5 Å². The first-order valence-corrected chi connectivity index (χ1v) is 19.0. The van der Waals surface area contributed by atoms with Crippen LogP contribution in [0.1, 0.15) is 22.4 Å². The molecule has 4 heteroatoms. The fourth-order valence-corrected chi connectivity index (χ4v) is 9.80. The van der Waals surface area contributed by atoms with Crippen LogP contribution in [-0.4, -0.2) is 19.5 Å². The van der Waals surface area contributed by atoms with Crippen LogP contribution in [0.3, 0.4) is 0 Å². The maximum atomic E-state index is 5.28. The lowest BCUT2D eigenvalue weighted by molar-refractivity contribution is 0.965. The number of hydrogen-bond acceptors (Lipinski definition) is 3. The minimum absolute atomic E-state index is 0.207. The molecule has 0 radical (unpaired) electrons. The lowest BCUT2D eigenvalue weighted by Gasteiger charge is -2.33. The van der Waals surface area contributed by atoms with Gasteiger partial charge in [0.1, 0.15) is 0 Å². The van der Waals surface area contributed by atoms with E-state index >= 15 is 0 Å². The van der Waals surface area contributed by atoms with E-state index in [0.717, 1.165) is 27.8 Å². The smallest absolute Gasteiger partial charge is 0.166 e. The summed E-state index contributed by atoms with van der Waals surface area (Å²) in [5.41, 5.74) is 13.3. The molecule has 13 rings (SSSR count). The van der Waals surface area contributed by atoms with Crippen molar-refractivity contribution >= 4 is 66.5 Å². The van der Waals surface area contributed by atoms with Crippen molar-refractivity contribution in [1.82, 2.24) is 19.5 Å². The van der Waals surface area contributed by atoms with E-state index in [1.807, 2.05) is 36.4 Å². The molecule has 4 aliphatic rings. The van der Waals surface area contributed by atoms with Gasteiger partial charge in [-0.15, -0.1) is 0 Å². The van der Waals surface area contributed by atoms with Gasteiger partial charge in [-0.2, -0.15) is 0 Å². The summed E-state index contributed by atoms with van der Waals surface area (Å²) in [4.78, 5) is 15.6. The number of benzene rings is 7. The molecular weight excluding hydrogens is 669 g/mol. The third kappa shape index (κ3) is 3.98. The largest absolute Gasteiger partial charge is 0.308 e. The number of fused-ring (bicyclic) bond motifs is 1. The third-order valence-electron chi connectivity index (χ3n) is 12.2. The van der Waals surface area contributed by atoms with Gasteiger partial charge in [0.25, 0.3) is 0 Å². The summed E-state index contributed by atoms with van der Waals surface area (Å²) in [6.07, 6.45) is 14.3. The van der Waals surface area contributed by atoms with Crippen LogP contribution in [0, 0.1) is 11.8 Å². The van der Waals surface area contributed by atoms with Crippen LogP contribution in [0.25, 0.3) is 106 Å². The summed E-state index contributed by atoms with van der Waals surface area (Å²) in [6.45, 7) is 0. The van der Waals surface area contributed by atoms with E-state index in [4.69, 9.17) is 15.0 Å². The lowest BCUT2D eigenvalue weighted by Crippen LogP contribution is -2.16. The molecule has 4 nitrogen and oxygen atoms in total. The van der Waals surface area contributed by atoms with E-state index < -0.39 is 0 Å². The molecule has 254 valence electrons. The SMILES string of the molecule is C1=CC2C=CC3C=Cc4c5c6c7c(ccc8ccc1c(c87)C2=C53)ccc6n4-c1cc2ccccc2cc1-c1nc(-c2ccccc2)nc(-c2ccccc2)n1. The normalized spacial score (nSPS) is 17.2. The van der Waals surface area contributed by atoms with Gasteiger partial charge in [0.05, 0.1) is 16.9 Å². The maximum Gasteiger partial charge on any atom is 0.166 e. The van der Waals surface area contributed by atoms with Gasteiger partial charge < -0.3 is 4.57 Å². The van der Waals surface area contributed by atoms with Gasteiger partial charge in [-0.1, -0.05) is 146 Å². The van der Waals surface area contributed by atoms with Crippen LogP contribution >= 0.6 is 0 Å². The topological polar surface area (TPSA) is 43.6 Å². The Labute approximate surface area is 316 Å². The van der Waals surface area contributed by atoms with E-state index in [-0.39, 0.29) is 11.8 Å². The van der Waals surface area contributed by atoms with Crippen LogP contribution in [-0.2, 0) is 0 Å². The van der Waals surface area contributed by atoms with Gasteiger partial charge in [-0.3, -0.25) is 0 Å². The van der Waals surface area contributed by atoms with Crippen molar-refractivity contribution in [2.45, 2.75) is 0 Å². The Balaban J connectivity index is 1.19. The molecule has 4 aliphatic carbocycles. The van der Waals surface area contributed by atoms with Crippen molar-refractivity contribution < 1.29 is 0 Å². The lowest BCUT2D eigenvalue weighted by atomic mass is 9.71. The number of aromatic nitrogens is 4. The second kappa shape index (κ2) is 10.7. The fourth-order valence-electron chi connectivity index (χ4n) is 9.80. The van der Waals surface area contributed by atoms with Crippen molar-refractivity contribution in [1.29, 1.82) is 0 Å². The van der Waals surface area contributed by atoms with Crippen LogP contribution in [0.15, 0.2) is 158 Å². The highest BCUT2D eigenvalue weighted by Crippen LogP contribution is 2.57. The molecule has 2 atom stereocenters. The molecule has 0 saturated heterocycles. The second-order valence-corrected chi connectivity index (χ2v) is 15.1. The molecule has 0 saturated carbocycles. The van der Waals surface area contributed by atoms with Crippen LogP contribution in [0.2, 0.25) is 0 Å². The molecule has 0 amide bonds. The first-order valence-electron chi connectivity index (χ1n) is 19.0. The Morgan fingerprint density at radius 3 is 1.75 bits per heavy atom. The zero-order chi connectivity index (χ0) is 35.8. The molecule has 55 heavy (non-hydrogen) atoms. The Kier molecular flexibility index (Phi) is 5.71. The highest BCUT2D eigenvalue weighted by atomic mass is 15.1. The minimum atomic E-state index is 0.207. The molecule has 2 heterocycles. The summed E-state index contributed by atoms with van der Waals surface area (Å²) in [5, 5.41) is 8.92. The minimum Gasteiger partial charge on any atom is -0.308 e. The fraction of sp³-hybridized carbons (Fsp3) is 0.0392. The van der Waals surface area contributed by atoms with Crippen molar-refractivity contribution in [2.24, 2.45) is 11.8 Å². The number of allylic oxidation sites excluding steroid dienone is 6. The van der Waals surface area contributed by atoms with E-state index in [2.05, 4.69) is 138 Å². The average Bonchev–Trinajstić information content (AvgIpc) is 3.52. The van der Waals surface area contributed by atoms with Crippen LogP contribution in [0.5, 0.6) is 0 Å². The van der Waals surface area contributed by atoms with E-state index in [0.29, 0.717) is 17.5 Å². The van der Waals surface area contributed by atoms with Crippen molar-refractivity contribution in [3.63, 3.8) is 0 Å². The van der Waals surface area contributed by atoms with Gasteiger partial charge in [-0.25, -0.2) is 15.0 Å². The molecule has 9 aromatic rings. The van der Waals surface area contributed by atoms with Gasteiger partial charge >= 0.3 is 0 Å². The first kappa shape index (κ1) is 29.3. The van der Waals surface area contributed by atoms with Crippen LogP contribution < -0.4 is 0 Å². The first-order chi connectivity index (χ1) is 27.3. The maximum absolute atomic E-state index is 5.28. The molecule has 0 spiro atoms. The van der Waals surface area contributed by atoms with E-state index in [9.17, 15) is 0 Å². The predicted molar refractivity (Wildman–Crippen MR) is 226 cm³/mol. The molecule has 0 N–H and O–H groups in total. The zero-order valence-electron chi connectivity index (χ0n) is 29.6. The average molecular weight is 699 g/mol. The molecule has 0 fully saturated rings. The van der Waals surface area contributed by atoms with E-state index in [1.165, 1.54) is 71.4 Å². The van der Waals surface area contributed by atoms with Crippen LogP contribution in [0.4, 0.5) is 0 Å². The summed E-state index contributed by atoms with van der Waals surface area (Å²) in [7, 11) is 0. The zero-order valence-corrected chi connectivity index (χ0v) is 29.6. The molecule has 2 unspecified atom stereocenters. The Bertz CT molecular complexity index is 3250. The highest BCUT2D eigenvalue weighted by Gasteiger charge is 2.38. The number of rotatable bonds is 4. The summed E-state index contributed by atoms with van der Waals surface area (Å²) >= 11 is 0. The van der Waals surface area contributed by atoms with Crippen molar-refractivity contribution in [3.05, 3.63) is 180 Å². The standard InChI is InChI=1S/C51H30N4/c1-3-9-34(10-4-1)49-52-50(35-11-5-2-6-12-35)54-51(53-49)38-27-36-13-7-8-14-37(36)28-41(38)55-39-25-23-32-21-19-30-17-15-29-16-18-31-20-22-33-24-26-40(55)48-46(33)44(31)42(29)43(30)45(32)47(39)48/h1-28,30,32H. The van der Waals surface area contributed by atoms with Crippen molar-refractivity contribution in [2.75, 3.05) is 0 Å². The monoisotopic (exact) mass is 698 g/mol. The summed E-state index contributed by atoms with van der Waals surface area (Å²) in [6, 6.07) is 47.6. The third-order valence-corrected chi connectivity index (χ3v) is 12.2. The van der Waals surface area contributed by atoms with Gasteiger partial charge in [0.2, 0.25) is 0 Å². The quantitative estimate of drug-likeness (QED) is 0.136. The van der Waals surface area contributed by atoms with Gasteiger partial charge in [0.15, 0.2) is 17.5 Å². The summed E-state index contributed by atoms with van der Waals surface area (Å²) < 4.78 is 2.50. The molecule has 2 aromatic heterocycles. The number of hydrogen-bond donors (Lipinski definition) is 0.